The van der Waals surface area contributed by atoms with E-state index in [4.69, 9.17) is 21.7 Å². The molecule has 0 bridgehead atoms. The number of benzene rings is 3. The molecule has 0 radical (unpaired) electrons. The number of nitrogens with two attached hydrogens (primary N) is 2. The van der Waals surface area contributed by atoms with E-state index in [2.05, 4.69) is 81.1 Å². The number of hydrogen-bond acceptors (Lipinski definition) is 15. The molecule has 0 heterocycles. The minimum atomic E-state index is -0.750. The van der Waals surface area contributed by atoms with Gasteiger partial charge in [-0.3, -0.25) is 33.8 Å². The van der Waals surface area contributed by atoms with Gasteiger partial charge < -0.3 is 53.6 Å². The van der Waals surface area contributed by atoms with Gasteiger partial charge >= 0.3 is 0 Å². The first-order valence-corrected chi connectivity index (χ1v) is 27.6. The highest BCUT2D eigenvalue weighted by Gasteiger charge is 2.32. The summed E-state index contributed by atoms with van der Waals surface area (Å²) in [6, 6.07) is 25.5. The van der Waals surface area contributed by atoms with Gasteiger partial charge in [-0.1, -0.05) is 86.7 Å². The fourth-order valence-electron chi connectivity index (χ4n) is 7.93. The number of fused-ring (bicyclic) bond motifs is 1. The van der Waals surface area contributed by atoms with Gasteiger partial charge in [0, 0.05) is 6.54 Å². The molecule has 4 rings (SSSR count). The number of carbonyl (C=O) groups is 6. The van der Waals surface area contributed by atoms with Crippen LogP contribution in [0.2, 0.25) is 0 Å². The zero-order valence-corrected chi connectivity index (χ0v) is 52.3. The highest BCUT2D eigenvalue weighted by Crippen LogP contribution is 2.33. The summed E-state index contributed by atoms with van der Waals surface area (Å²) in [6.07, 6.45) is 8.77. The van der Waals surface area contributed by atoms with E-state index in [0.717, 1.165) is 56.9 Å². The van der Waals surface area contributed by atoms with Gasteiger partial charge in [-0.25, -0.2) is 0 Å². The highest BCUT2D eigenvalue weighted by atomic mass is 16.3. The number of ketones is 6. The molecule has 1 aliphatic rings. The lowest BCUT2D eigenvalue weighted by molar-refractivity contribution is -0.124. The fraction of sp³-hybridized carbons (Fsp3) is 0.571. The fourth-order valence-corrected chi connectivity index (χ4v) is 7.93. The Morgan fingerprint density at radius 1 is 0.588 bits per heavy atom. The summed E-state index contributed by atoms with van der Waals surface area (Å²) < 4.78 is 0. The lowest BCUT2D eigenvalue weighted by atomic mass is 9.87. The van der Waals surface area contributed by atoms with Crippen LogP contribution in [-0.2, 0) is 48.0 Å². The number of aliphatic hydroxyl groups is 1. The van der Waals surface area contributed by atoms with Gasteiger partial charge in [0.1, 0.15) is 34.7 Å². The predicted molar refractivity (Wildman–Crippen MR) is 330 cm³/mol. The lowest BCUT2D eigenvalue weighted by Crippen LogP contribution is -2.49. The summed E-state index contributed by atoms with van der Waals surface area (Å²) in [7, 11) is 10.7. The normalized spacial score (nSPS) is 15.3. The predicted octanol–water partition coefficient (Wildman–Crippen LogP) is 6.63. The van der Waals surface area contributed by atoms with E-state index < -0.39 is 22.2 Å². The van der Waals surface area contributed by atoms with Crippen molar-refractivity contribution >= 4 is 46.2 Å². The van der Waals surface area contributed by atoms with Crippen LogP contribution in [0, 0.1) is 5.92 Å². The van der Waals surface area contributed by atoms with Gasteiger partial charge in [-0.05, 0) is 216 Å². The molecule has 17 nitrogen and oxygen atoms in total. The Morgan fingerprint density at radius 2 is 1.04 bits per heavy atom. The topological polar surface area (TPSA) is 279 Å². The number of aromatic hydroxyl groups is 1. The van der Waals surface area contributed by atoms with Crippen molar-refractivity contribution in [2.24, 2.45) is 22.4 Å². The molecule has 0 aliphatic heterocycles. The number of phenols is 1. The van der Waals surface area contributed by atoms with Crippen LogP contribution in [0.1, 0.15) is 144 Å². The summed E-state index contributed by atoms with van der Waals surface area (Å²) in [5.74, 6) is 1.74. The summed E-state index contributed by atoms with van der Waals surface area (Å²) in [5.41, 5.74) is 14.2. The minimum Gasteiger partial charge on any atom is -0.508 e. The Kier molecular flexibility index (Phi) is 36.2. The summed E-state index contributed by atoms with van der Waals surface area (Å²) in [5, 5.41) is 35.8. The molecule has 0 aromatic heterocycles. The van der Waals surface area contributed by atoms with Gasteiger partial charge in [0.05, 0.1) is 40.3 Å². The smallest absolute Gasteiger partial charge is 0.185 e. The van der Waals surface area contributed by atoms with Gasteiger partial charge in [-0.2, -0.15) is 0 Å². The molecule has 0 saturated carbocycles. The third-order valence-electron chi connectivity index (χ3n) is 15.3. The molecule has 0 amide bonds. The standard InChI is InChI=1S/C15H19NO.C12H17NO2.C12H17NO.C9H20N4O.C9H19NO.C6H13NO2/c1-11(17)15(2,16-3)10-13-9-8-12-6-4-5-7-14(12)13;1-9(14)12(13-2)8-5-10-3-6-11(15)7-4-10;1-10(14)12(2,13-3)9-11-7-5-4-6-8-11;1-7(14)9(2,12-3)5-4-6-13-8(10)11;1-7(2)6-9(4,10-5)8(3)11;1-5(9)6(2,4-8)7-3/h4-7,9,16H,8,10H2,1-3H3;3-4,6-7,12-13,15H,5,8H2,1-2H3;4-8,13H,9H2,1-3H3;12H,4-6H2,1-3H3,(H4,10,11,13);7,10H,6H2,1-5H3;7-8H,4H2,1-3H3/t15-;2*12-;2*9-;6-/m000000/s1. The number of nitrogens with zero attached hydrogens (tertiary/aromatic N) is 1. The Morgan fingerprint density at radius 3 is 1.41 bits per heavy atom. The average molecular weight is 1120 g/mol. The first-order chi connectivity index (χ1) is 37.2. The van der Waals surface area contributed by atoms with Crippen LogP contribution in [0.15, 0.2) is 89.9 Å². The number of Topliss-reactive ketones (excluding diaryl/α,β-unsaturated/α-hetero) is 6. The first kappa shape index (κ1) is 76.3. The maximum absolute atomic E-state index is 11.7. The number of carbonyl (C=O) groups excluding carboxylic acids is 6. The number of aryl methyl sites for hydroxylation is 1. The molecule has 0 spiro atoms. The molecule has 450 valence electrons. The largest absolute Gasteiger partial charge is 0.508 e. The van der Waals surface area contributed by atoms with Crippen molar-refractivity contribution < 1.29 is 39.0 Å². The maximum Gasteiger partial charge on any atom is 0.185 e. The van der Waals surface area contributed by atoms with Crippen molar-refractivity contribution in [2.45, 2.75) is 175 Å². The minimum absolute atomic E-state index is 0.0486. The van der Waals surface area contributed by atoms with Crippen LogP contribution in [-0.4, -0.2) is 140 Å². The second kappa shape index (κ2) is 38.0. The molecule has 6 atom stereocenters. The number of likely N-dealkylation sites (N-methyl/N-ethyl adjacent to an activating group) is 6. The van der Waals surface area contributed by atoms with Crippen LogP contribution in [0.5, 0.6) is 5.75 Å². The molecule has 0 saturated heterocycles. The number of allylic oxidation sites excluding steroid dienone is 1. The number of phenolic OH excluding ortho intramolecular Hbond substituents is 1. The maximum atomic E-state index is 11.7. The van der Waals surface area contributed by atoms with Crippen LogP contribution in [0.25, 0.3) is 5.57 Å². The third-order valence-corrected chi connectivity index (χ3v) is 15.3. The zero-order chi connectivity index (χ0) is 62.1. The second-order valence-electron chi connectivity index (χ2n) is 21.9. The van der Waals surface area contributed by atoms with Crippen LogP contribution in [0.4, 0.5) is 0 Å². The van der Waals surface area contributed by atoms with Gasteiger partial charge in [0.25, 0.3) is 0 Å². The Balaban J connectivity index is 0. The van der Waals surface area contributed by atoms with Crippen molar-refractivity contribution in [2.75, 3.05) is 55.4 Å². The Bertz CT molecular complexity index is 2400. The molecule has 1 aliphatic carbocycles. The van der Waals surface area contributed by atoms with Crippen LogP contribution < -0.4 is 43.4 Å². The molecule has 17 heteroatoms. The lowest BCUT2D eigenvalue weighted by Gasteiger charge is -2.27. The van der Waals surface area contributed by atoms with Crippen molar-refractivity contribution in [3.63, 3.8) is 0 Å². The van der Waals surface area contributed by atoms with Crippen LogP contribution >= 0.6 is 0 Å². The quantitative estimate of drug-likeness (QED) is 0.0229. The van der Waals surface area contributed by atoms with E-state index in [1.165, 1.54) is 29.2 Å². The van der Waals surface area contributed by atoms with Crippen LogP contribution in [0.3, 0.4) is 0 Å². The van der Waals surface area contributed by atoms with E-state index in [1.807, 2.05) is 91.3 Å². The number of aliphatic hydroxyl groups excluding tert-OH is 1. The average Bonchev–Trinajstić information content (AvgIpc) is 3.82. The number of guanidine groups is 1. The van der Waals surface area contributed by atoms with Crippen molar-refractivity contribution in [1.82, 2.24) is 31.9 Å². The Hall–Kier alpha value is -5.79. The number of rotatable bonds is 26. The molecule has 3 aromatic carbocycles. The molecular formula is C63H105N9O8. The van der Waals surface area contributed by atoms with Gasteiger partial charge in [0.2, 0.25) is 0 Å². The van der Waals surface area contributed by atoms with Crippen molar-refractivity contribution in [3.05, 3.63) is 107 Å². The molecular weight excluding hydrogens is 1010 g/mol. The first-order valence-electron chi connectivity index (χ1n) is 27.6. The molecule has 3 aromatic rings. The summed E-state index contributed by atoms with van der Waals surface area (Å²) in [4.78, 5) is 71.3. The zero-order valence-electron chi connectivity index (χ0n) is 52.3. The molecule has 80 heavy (non-hydrogen) atoms. The molecule has 0 fully saturated rings. The SMILES string of the molecule is CN[C@@H](CCc1ccc(O)cc1)C(C)=O.CN[C@@](C)(CC(C)C)C(C)=O.CN[C@@](C)(CC1=CCc2ccccc21)C(C)=O.CN[C@@](C)(CCCN=C(N)N)C(C)=O.CN[C@@](C)(CO)C(C)=O.CN[C@@](C)(Cc1ccccc1)C(C)=O. The summed E-state index contributed by atoms with van der Waals surface area (Å²) in [6.45, 7) is 23.6. The number of aliphatic imine (C=N–C) groups is 1. The summed E-state index contributed by atoms with van der Waals surface area (Å²) >= 11 is 0. The second-order valence-corrected chi connectivity index (χ2v) is 21.9. The van der Waals surface area contributed by atoms with E-state index >= 15 is 0 Å². The highest BCUT2D eigenvalue weighted by molar-refractivity contribution is 5.89. The number of nitrogens with one attached hydrogen (secondary N) is 6. The Labute approximate surface area is 481 Å². The van der Waals surface area contributed by atoms with E-state index in [9.17, 15) is 28.8 Å². The van der Waals surface area contributed by atoms with E-state index in [-0.39, 0.29) is 64.6 Å². The monoisotopic (exact) mass is 1120 g/mol. The molecule has 0 unspecified atom stereocenters. The van der Waals surface area contributed by atoms with Crippen molar-refractivity contribution in [1.29, 1.82) is 0 Å². The van der Waals surface area contributed by atoms with E-state index in [0.29, 0.717) is 12.5 Å². The number of hydrogen-bond donors (Lipinski definition) is 10. The molecule has 12 N–H and O–H groups in total. The van der Waals surface area contributed by atoms with Gasteiger partial charge in [-0.15, -0.1) is 0 Å². The van der Waals surface area contributed by atoms with Gasteiger partial charge in [0.15, 0.2) is 11.7 Å². The van der Waals surface area contributed by atoms with Crippen molar-refractivity contribution in [3.8, 4) is 5.75 Å². The third kappa shape index (κ3) is 28.1. The van der Waals surface area contributed by atoms with E-state index in [1.54, 1.807) is 74.8 Å².